The molecule has 3 N–H and O–H groups in total. The van der Waals surface area contributed by atoms with E-state index in [-0.39, 0.29) is 6.61 Å². The number of nitrogens with zero attached hydrogens (tertiary/aromatic N) is 1. The highest BCUT2D eigenvalue weighted by Crippen LogP contribution is 2.32. The van der Waals surface area contributed by atoms with E-state index in [9.17, 15) is 5.11 Å². The summed E-state index contributed by atoms with van der Waals surface area (Å²) in [5.74, 6) is 0. The first-order valence-electron chi connectivity index (χ1n) is 7.17. The van der Waals surface area contributed by atoms with Crippen LogP contribution in [-0.2, 0) is 0 Å². The predicted molar refractivity (Wildman–Crippen MR) is 91.4 cm³/mol. The Bertz CT molecular complexity index is 752. The van der Waals surface area contributed by atoms with Crippen LogP contribution in [0.5, 0.6) is 0 Å². The van der Waals surface area contributed by atoms with Gasteiger partial charge in [-0.25, -0.2) is 4.98 Å². The van der Waals surface area contributed by atoms with Crippen LogP contribution in [0.4, 0.5) is 5.69 Å². The average molecular weight is 314 g/mol. The smallest absolute Gasteiger partial charge is 0.124 e. The van der Waals surface area contributed by atoms with E-state index in [1.807, 2.05) is 37.3 Å². The van der Waals surface area contributed by atoms with Crippen LogP contribution in [0, 0.1) is 6.92 Å². The number of fused-ring (bicyclic) bond motifs is 1. The first kappa shape index (κ1) is 15.0. The standard InChI is InChI=1S/C17H18N2O2S/c1-11-6-7-12(8-15(11)18-9-13(21)10-20)17-19-14-4-2-3-5-16(14)22-17/h2-8,13,18,20-21H,9-10H2,1H3. The van der Waals surface area contributed by atoms with E-state index in [1.165, 1.54) is 4.70 Å². The van der Waals surface area contributed by atoms with Gasteiger partial charge >= 0.3 is 0 Å². The van der Waals surface area contributed by atoms with Crippen molar-refractivity contribution in [3.63, 3.8) is 0 Å². The monoisotopic (exact) mass is 314 g/mol. The van der Waals surface area contributed by atoms with Gasteiger partial charge in [0.25, 0.3) is 0 Å². The molecule has 0 aliphatic rings. The fourth-order valence-corrected chi connectivity index (χ4v) is 3.20. The van der Waals surface area contributed by atoms with Crippen molar-refractivity contribution in [2.45, 2.75) is 13.0 Å². The Morgan fingerprint density at radius 2 is 2.05 bits per heavy atom. The van der Waals surface area contributed by atoms with Crippen molar-refractivity contribution in [2.75, 3.05) is 18.5 Å². The van der Waals surface area contributed by atoms with E-state index in [4.69, 9.17) is 5.11 Å². The Hall–Kier alpha value is -1.95. The normalized spacial score (nSPS) is 12.5. The van der Waals surface area contributed by atoms with E-state index in [2.05, 4.69) is 22.4 Å². The molecule has 0 radical (unpaired) electrons. The molecule has 0 saturated heterocycles. The van der Waals surface area contributed by atoms with Crippen LogP contribution >= 0.6 is 11.3 Å². The number of thiazole rings is 1. The highest BCUT2D eigenvalue weighted by atomic mass is 32.1. The summed E-state index contributed by atoms with van der Waals surface area (Å²) < 4.78 is 1.17. The maximum absolute atomic E-state index is 9.47. The number of aromatic nitrogens is 1. The molecular formula is C17H18N2O2S. The molecule has 0 aliphatic carbocycles. The van der Waals surface area contributed by atoms with Gasteiger partial charge in [0.1, 0.15) is 5.01 Å². The molecule has 0 aliphatic heterocycles. The topological polar surface area (TPSA) is 65.4 Å². The second kappa shape index (κ2) is 6.44. The number of benzene rings is 2. The number of hydrogen-bond donors (Lipinski definition) is 3. The van der Waals surface area contributed by atoms with E-state index in [0.29, 0.717) is 6.54 Å². The van der Waals surface area contributed by atoms with Crippen LogP contribution in [0.2, 0.25) is 0 Å². The third kappa shape index (κ3) is 3.11. The second-order valence-electron chi connectivity index (χ2n) is 5.23. The van der Waals surface area contributed by atoms with Crippen molar-refractivity contribution < 1.29 is 10.2 Å². The summed E-state index contributed by atoms with van der Waals surface area (Å²) in [4.78, 5) is 4.67. The van der Waals surface area contributed by atoms with E-state index < -0.39 is 6.10 Å². The quantitative estimate of drug-likeness (QED) is 0.677. The third-order valence-electron chi connectivity index (χ3n) is 3.52. The van der Waals surface area contributed by atoms with Gasteiger partial charge in [-0.1, -0.05) is 24.3 Å². The minimum atomic E-state index is -0.759. The van der Waals surface area contributed by atoms with Gasteiger partial charge in [-0.2, -0.15) is 0 Å². The molecule has 1 aromatic heterocycles. The Kier molecular flexibility index (Phi) is 4.38. The number of rotatable bonds is 5. The largest absolute Gasteiger partial charge is 0.394 e. The number of anilines is 1. The lowest BCUT2D eigenvalue weighted by Crippen LogP contribution is -2.23. The van der Waals surface area contributed by atoms with Gasteiger partial charge in [0, 0.05) is 17.8 Å². The lowest BCUT2D eigenvalue weighted by molar-refractivity contribution is 0.105. The molecule has 0 fully saturated rings. The Morgan fingerprint density at radius 3 is 2.82 bits per heavy atom. The number of para-hydroxylation sites is 1. The molecule has 0 saturated carbocycles. The Labute approximate surface area is 133 Å². The van der Waals surface area contributed by atoms with E-state index in [1.54, 1.807) is 11.3 Å². The first-order valence-corrected chi connectivity index (χ1v) is 7.98. The summed E-state index contributed by atoms with van der Waals surface area (Å²) in [5.41, 5.74) is 4.10. The molecule has 4 nitrogen and oxygen atoms in total. The van der Waals surface area contributed by atoms with Gasteiger partial charge < -0.3 is 15.5 Å². The summed E-state index contributed by atoms with van der Waals surface area (Å²) in [5, 5.41) is 22.5. The van der Waals surface area contributed by atoms with Gasteiger partial charge in [-0.05, 0) is 30.7 Å². The minimum absolute atomic E-state index is 0.246. The zero-order valence-corrected chi connectivity index (χ0v) is 13.1. The highest BCUT2D eigenvalue weighted by Gasteiger charge is 2.09. The summed E-state index contributed by atoms with van der Waals surface area (Å²) in [6.07, 6.45) is -0.759. The molecule has 0 bridgehead atoms. The number of nitrogens with one attached hydrogen (secondary N) is 1. The van der Waals surface area contributed by atoms with Gasteiger partial charge in [0.05, 0.1) is 22.9 Å². The van der Waals surface area contributed by atoms with Crippen molar-refractivity contribution in [3.05, 3.63) is 48.0 Å². The molecule has 0 spiro atoms. The van der Waals surface area contributed by atoms with Gasteiger partial charge in [-0.3, -0.25) is 0 Å². The highest BCUT2D eigenvalue weighted by molar-refractivity contribution is 7.21. The lowest BCUT2D eigenvalue weighted by atomic mass is 10.1. The number of hydrogen-bond acceptors (Lipinski definition) is 5. The molecule has 114 valence electrons. The van der Waals surface area contributed by atoms with E-state index in [0.717, 1.165) is 27.3 Å². The van der Waals surface area contributed by atoms with Crippen LogP contribution < -0.4 is 5.32 Å². The molecule has 1 heterocycles. The molecule has 1 atom stereocenters. The average Bonchev–Trinajstić information content (AvgIpc) is 2.97. The molecule has 3 aromatic rings. The van der Waals surface area contributed by atoms with Crippen LogP contribution in [0.1, 0.15) is 5.56 Å². The summed E-state index contributed by atoms with van der Waals surface area (Å²) in [6.45, 7) is 2.08. The predicted octanol–water partition coefficient (Wildman–Crippen LogP) is 3.04. The van der Waals surface area contributed by atoms with Crippen molar-refractivity contribution in [2.24, 2.45) is 0 Å². The van der Waals surface area contributed by atoms with Crippen LogP contribution in [0.3, 0.4) is 0 Å². The van der Waals surface area contributed by atoms with Crippen molar-refractivity contribution in [1.82, 2.24) is 4.98 Å². The summed E-state index contributed by atoms with van der Waals surface area (Å²) in [6, 6.07) is 14.2. The van der Waals surface area contributed by atoms with Crippen LogP contribution in [-0.4, -0.2) is 34.5 Å². The fraction of sp³-hybridized carbons (Fsp3) is 0.235. The fourth-order valence-electron chi connectivity index (χ4n) is 2.23. The molecule has 3 rings (SSSR count). The van der Waals surface area contributed by atoms with Crippen LogP contribution in [0.25, 0.3) is 20.8 Å². The number of aryl methyl sites for hydroxylation is 1. The summed E-state index contributed by atoms with van der Waals surface area (Å²) in [7, 11) is 0. The number of aliphatic hydroxyl groups excluding tert-OH is 2. The first-order chi connectivity index (χ1) is 10.7. The SMILES string of the molecule is Cc1ccc(-c2nc3ccccc3s2)cc1NCC(O)CO. The van der Waals surface area contributed by atoms with Crippen molar-refractivity contribution in [3.8, 4) is 10.6 Å². The Morgan fingerprint density at radius 1 is 1.23 bits per heavy atom. The zero-order valence-electron chi connectivity index (χ0n) is 12.3. The van der Waals surface area contributed by atoms with Crippen molar-refractivity contribution >= 4 is 27.2 Å². The third-order valence-corrected chi connectivity index (χ3v) is 4.60. The van der Waals surface area contributed by atoms with Crippen molar-refractivity contribution in [1.29, 1.82) is 0 Å². The minimum Gasteiger partial charge on any atom is -0.394 e. The molecular weight excluding hydrogens is 296 g/mol. The maximum atomic E-state index is 9.47. The van der Waals surface area contributed by atoms with Gasteiger partial charge in [0.15, 0.2) is 0 Å². The second-order valence-corrected chi connectivity index (χ2v) is 6.26. The molecule has 1 unspecified atom stereocenters. The summed E-state index contributed by atoms with van der Waals surface area (Å²) >= 11 is 1.67. The molecule has 22 heavy (non-hydrogen) atoms. The zero-order chi connectivity index (χ0) is 15.5. The molecule has 0 amide bonds. The number of aliphatic hydroxyl groups is 2. The molecule has 2 aromatic carbocycles. The lowest BCUT2D eigenvalue weighted by Gasteiger charge is -2.13. The Balaban J connectivity index is 1.90. The van der Waals surface area contributed by atoms with Gasteiger partial charge in [0.2, 0.25) is 0 Å². The molecule has 5 heteroatoms. The van der Waals surface area contributed by atoms with E-state index >= 15 is 0 Å². The maximum Gasteiger partial charge on any atom is 0.124 e. The van der Waals surface area contributed by atoms with Gasteiger partial charge in [-0.15, -0.1) is 11.3 Å². The van der Waals surface area contributed by atoms with Crippen LogP contribution in [0.15, 0.2) is 42.5 Å².